The quantitative estimate of drug-likeness (QED) is 0.0488. The maximum absolute atomic E-state index is 15.7. The lowest BCUT2D eigenvalue weighted by atomic mass is 10.1. The summed E-state index contributed by atoms with van der Waals surface area (Å²) >= 11 is 1.03. The summed E-state index contributed by atoms with van der Waals surface area (Å²) < 4.78 is 59.2. The molecular weight excluding hydrogens is 741 g/mol. The van der Waals surface area contributed by atoms with Crippen LogP contribution >= 0.6 is 11.3 Å². The Morgan fingerprint density at radius 3 is 2.25 bits per heavy atom. The number of nitrogens with one attached hydrogen (secondary N) is 1. The van der Waals surface area contributed by atoms with Crippen LogP contribution in [-0.4, -0.2) is 86.4 Å². The van der Waals surface area contributed by atoms with Gasteiger partial charge in [-0.3, -0.25) is 28.9 Å². The van der Waals surface area contributed by atoms with Crippen LogP contribution in [0.4, 0.5) is 8.78 Å². The van der Waals surface area contributed by atoms with Gasteiger partial charge < -0.3 is 33.9 Å². The van der Waals surface area contributed by atoms with Crippen molar-refractivity contribution >= 4 is 50.9 Å². The second-order valence-corrected chi connectivity index (χ2v) is 13.6. The highest BCUT2D eigenvalue weighted by Crippen LogP contribution is 2.42. The molecule has 2 aliphatic rings. The molecule has 16 heteroatoms. The molecule has 2 aliphatic heterocycles. The highest BCUT2D eigenvalue weighted by atomic mass is 32.1. The number of halogens is 2. The first-order valence-electron chi connectivity index (χ1n) is 17.4. The number of hydrogen-bond donors (Lipinski definition) is 1. The van der Waals surface area contributed by atoms with Gasteiger partial charge >= 0.3 is 5.97 Å². The van der Waals surface area contributed by atoms with E-state index in [4.69, 9.17) is 23.7 Å². The summed E-state index contributed by atoms with van der Waals surface area (Å²) in [7, 11) is 2.80. The van der Waals surface area contributed by atoms with E-state index in [9.17, 15) is 24.0 Å². The standard InChI is InChI=1S/C39H41F2N3O10S/c1-5-6-8-23(2)43-20-24-17-28(50-3)38(37(41)26(24)21-43)53-14-7-15-54-39-29(51-4)19-30-25(36(39)40)18-31(55-30)27(45)9-12-35(49)52-16-13-42-32(46)22-44-33(47)10-11-34(44)48/h5,10-11,17-19H,1-2,6-9,12-16,20-22H2,3-4H3,(H,42,46). The topological polar surface area (TPSA) is 150 Å². The molecule has 3 amide bonds. The van der Waals surface area contributed by atoms with E-state index in [1.165, 1.54) is 20.3 Å². The molecule has 0 unspecified atom stereocenters. The molecule has 3 aromatic rings. The van der Waals surface area contributed by atoms with Crippen molar-refractivity contribution in [2.24, 2.45) is 0 Å². The first-order valence-corrected chi connectivity index (χ1v) is 18.2. The molecule has 0 spiro atoms. The molecule has 292 valence electrons. The molecule has 13 nitrogen and oxygen atoms in total. The van der Waals surface area contributed by atoms with Crippen molar-refractivity contribution in [1.82, 2.24) is 15.1 Å². The van der Waals surface area contributed by atoms with Crippen molar-refractivity contribution in [2.75, 3.05) is 47.1 Å². The minimum atomic E-state index is -0.729. The van der Waals surface area contributed by atoms with Crippen LogP contribution in [0.25, 0.3) is 10.1 Å². The molecule has 0 aliphatic carbocycles. The average Bonchev–Trinajstić information content (AvgIpc) is 3.90. The lowest BCUT2D eigenvalue weighted by molar-refractivity contribution is -0.143. The average molecular weight is 782 g/mol. The lowest BCUT2D eigenvalue weighted by Crippen LogP contribution is -2.41. The summed E-state index contributed by atoms with van der Waals surface area (Å²) in [5.74, 6) is -3.90. The monoisotopic (exact) mass is 781 g/mol. The zero-order valence-corrected chi connectivity index (χ0v) is 31.3. The molecule has 1 aromatic heterocycles. The van der Waals surface area contributed by atoms with E-state index in [0.717, 1.165) is 52.5 Å². The van der Waals surface area contributed by atoms with E-state index in [1.807, 2.05) is 11.0 Å². The van der Waals surface area contributed by atoms with E-state index in [0.29, 0.717) is 23.4 Å². The molecular formula is C39H41F2N3O10S. The number of Topliss-reactive ketones (excluding diaryl/α,β-unsaturated/α-hetero) is 1. The molecule has 5 rings (SSSR count). The first kappa shape index (κ1) is 40.4. The van der Waals surface area contributed by atoms with Gasteiger partial charge in [-0.25, -0.2) is 8.78 Å². The molecule has 1 N–H and O–H groups in total. The molecule has 2 aromatic carbocycles. The van der Waals surface area contributed by atoms with Crippen LogP contribution in [0.3, 0.4) is 0 Å². The number of hydrogen-bond acceptors (Lipinski definition) is 12. The zero-order valence-electron chi connectivity index (χ0n) is 30.5. The van der Waals surface area contributed by atoms with E-state index >= 15 is 8.78 Å². The Hall–Kier alpha value is -5.77. The Morgan fingerprint density at radius 2 is 1.58 bits per heavy atom. The number of carbonyl (C=O) groups is 5. The van der Waals surface area contributed by atoms with Crippen LogP contribution in [0.1, 0.15) is 52.9 Å². The van der Waals surface area contributed by atoms with Crippen LogP contribution in [0.15, 0.2) is 55.3 Å². The Morgan fingerprint density at radius 1 is 0.909 bits per heavy atom. The lowest BCUT2D eigenvalue weighted by Gasteiger charge is -2.19. The van der Waals surface area contributed by atoms with Crippen LogP contribution in [-0.2, 0) is 37.0 Å². The molecule has 55 heavy (non-hydrogen) atoms. The van der Waals surface area contributed by atoms with E-state index in [-0.39, 0.29) is 78.9 Å². The van der Waals surface area contributed by atoms with Gasteiger partial charge in [-0.1, -0.05) is 12.7 Å². The van der Waals surface area contributed by atoms with Gasteiger partial charge in [0, 0.05) is 65.5 Å². The fraction of sp³-hybridized carbons (Fsp3) is 0.359. The fourth-order valence-corrected chi connectivity index (χ4v) is 6.93. The Labute approximate surface area is 320 Å². The first-order chi connectivity index (χ1) is 26.4. The summed E-state index contributed by atoms with van der Waals surface area (Å²) in [5, 5.41) is 2.57. The second-order valence-electron chi connectivity index (χ2n) is 12.5. The Balaban J connectivity index is 1.09. The van der Waals surface area contributed by atoms with Gasteiger partial charge in [0.05, 0.1) is 45.3 Å². The normalized spacial score (nSPS) is 13.2. The molecule has 0 radical (unpaired) electrons. The Bertz CT molecular complexity index is 2030. The van der Waals surface area contributed by atoms with Gasteiger partial charge in [0.15, 0.2) is 40.4 Å². The van der Waals surface area contributed by atoms with Crippen LogP contribution in [0.2, 0.25) is 0 Å². The molecule has 3 heterocycles. The predicted octanol–water partition coefficient (Wildman–Crippen LogP) is 5.39. The van der Waals surface area contributed by atoms with Gasteiger partial charge in [-0.15, -0.1) is 17.9 Å². The van der Waals surface area contributed by atoms with E-state index in [2.05, 4.69) is 18.5 Å². The number of rotatable bonds is 21. The highest BCUT2D eigenvalue weighted by molar-refractivity contribution is 7.20. The van der Waals surface area contributed by atoms with E-state index < -0.39 is 47.7 Å². The molecule has 0 fully saturated rings. The van der Waals surface area contributed by atoms with Crippen molar-refractivity contribution < 1.29 is 56.4 Å². The van der Waals surface area contributed by atoms with Gasteiger partial charge in [-0.05, 0) is 30.5 Å². The van der Waals surface area contributed by atoms with Crippen molar-refractivity contribution in [3.8, 4) is 23.0 Å². The number of esters is 1. The molecule has 0 saturated heterocycles. The summed E-state index contributed by atoms with van der Waals surface area (Å²) in [5.41, 5.74) is 2.21. The number of amides is 3. The highest BCUT2D eigenvalue weighted by Gasteiger charge is 2.29. The minimum Gasteiger partial charge on any atom is -0.493 e. The number of allylic oxidation sites excluding steroid dienone is 2. The van der Waals surface area contributed by atoms with E-state index in [1.54, 1.807) is 12.1 Å². The summed E-state index contributed by atoms with van der Waals surface area (Å²) in [6.45, 7) is 8.08. The van der Waals surface area contributed by atoms with Crippen molar-refractivity contribution in [2.45, 2.75) is 45.2 Å². The SMILES string of the molecule is C=CCCC(=C)N1Cc2cc(OC)c(OCCCOc3c(OC)cc4sc(C(=O)CCC(=O)OCCNC(=O)CN5C(=O)C=CC5=O)cc4c3F)c(F)c2C1. The predicted molar refractivity (Wildman–Crippen MR) is 198 cm³/mol. The fourth-order valence-electron chi connectivity index (χ4n) is 5.88. The third-order valence-electron chi connectivity index (χ3n) is 8.80. The number of methoxy groups -OCH3 is 2. The number of ketones is 1. The van der Waals surface area contributed by atoms with Crippen LogP contribution in [0, 0.1) is 11.6 Å². The zero-order chi connectivity index (χ0) is 39.6. The largest absolute Gasteiger partial charge is 0.493 e. The molecule has 0 atom stereocenters. The van der Waals surface area contributed by atoms with Gasteiger partial charge in [0.25, 0.3) is 11.8 Å². The van der Waals surface area contributed by atoms with Crippen molar-refractivity contribution in [1.29, 1.82) is 0 Å². The second kappa shape index (κ2) is 18.5. The number of ether oxygens (including phenoxy) is 5. The number of nitrogens with zero attached hydrogens (tertiary/aromatic N) is 2. The molecule has 0 saturated carbocycles. The summed E-state index contributed by atoms with van der Waals surface area (Å²) in [4.78, 5) is 63.2. The maximum Gasteiger partial charge on any atom is 0.306 e. The third-order valence-corrected chi connectivity index (χ3v) is 9.92. The molecule has 0 bridgehead atoms. The van der Waals surface area contributed by atoms with Gasteiger partial charge in [-0.2, -0.15) is 0 Å². The third kappa shape index (κ3) is 9.67. The smallest absolute Gasteiger partial charge is 0.306 e. The van der Waals surface area contributed by atoms with Gasteiger partial charge in [0.2, 0.25) is 5.91 Å². The summed E-state index contributed by atoms with van der Waals surface area (Å²) in [6.07, 6.45) is 5.25. The summed E-state index contributed by atoms with van der Waals surface area (Å²) in [6, 6.07) is 4.71. The van der Waals surface area contributed by atoms with Crippen LogP contribution < -0.4 is 24.3 Å². The minimum absolute atomic E-state index is 0.00155. The van der Waals surface area contributed by atoms with Crippen molar-refractivity contribution in [3.05, 3.63) is 82.9 Å². The number of imide groups is 1. The van der Waals surface area contributed by atoms with Gasteiger partial charge in [0.1, 0.15) is 13.2 Å². The number of benzene rings is 2. The number of carbonyl (C=O) groups excluding carboxylic acids is 5. The van der Waals surface area contributed by atoms with Crippen LogP contribution in [0.5, 0.6) is 23.0 Å². The Kier molecular flexibility index (Phi) is 13.6. The number of fused-ring (bicyclic) bond motifs is 2. The number of thiophene rings is 1. The maximum atomic E-state index is 15.7. The van der Waals surface area contributed by atoms with Crippen molar-refractivity contribution in [3.63, 3.8) is 0 Å².